The minimum atomic E-state index is 0.300. The second kappa shape index (κ2) is 6.63. The summed E-state index contributed by atoms with van der Waals surface area (Å²) in [6.45, 7) is 4.77. The van der Waals surface area contributed by atoms with Crippen LogP contribution in [0.25, 0.3) is 0 Å². The van der Waals surface area contributed by atoms with Gasteiger partial charge in [0.15, 0.2) is 0 Å². The normalized spacial score (nSPS) is 12.4. The third kappa shape index (κ3) is 3.75. The van der Waals surface area contributed by atoms with E-state index in [4.69, 9.17) is 4.74 Å². The van der Waals surface area contributed by atoms with Gasteiger partial charge in [0.05, 0.1) is 17.8 Å². The fourth-order valence-electron chi connectivity index (χ4n) is 1.75. The minimum Gasteiger partial charge on any atom is -0.477 e. The SMILES string of the molecule is CNC(C)c1ccnc(OCCc2scnc2C)c1. The molecule has 2 rings (SSSR count). The summed E-state index contributed by atoms with van der Waals surface area (Å²) in [5.41, 5.74) is 4.15. The molecule has 0 spiro atoms. The highest BCUT2D eigenvalue weighted by molar-refractivity contribution is 7.09. The van der Waals surface area contributed by atoms with Gasteiger partial charge in [0.1, 0.15) is 0 Å². The molecule has 0 saturated heterocycles. The number of pyridine rings is 1. The monoisotopic (exact) mass is 277 g/mol. The summed E-state index contributed by atoms with van der Waals surface area (Å²) in [7, 11) is 1.94. The molecule has 5 heteroatoms. The lowest BCUT2D eigenvalue weighted by Crippen LogP contribution is -2.12. The topological polar surface area (TPSA) is 47.0 Å². The van der Waals surface area contributed by atoms with Crippen molar-refractivity contribution in [3.63, 3.8) is 0 Å². The molecule has 0 aromatic carbocycles. The largest absolute Gasteiger partial charge is 0.477 e. The summed E-state index contributed by atoms with van der Waals surface area (Å²) in [6, 6.07) is 4.29. The molecule has 0 saturated carbocycles. The molecule has 2 aromatic heterocycles. The molecule has 0 fully saturated rings. The van der Waals surface area contributed by atoms with Crippen molar-refractivity contribution in [1.82, 2.24) is 15.3 Å². The Labute approximate surface area is 117 Å². The number of aryl methyl sites for hydroxylation is 1. The van der Waals surface area contributed by atoms with Gasteiger partial charge in [-0.05, 0) is 32.5 Å². The number of hydrogen-bond acceptors (Lipinski definition) is 5. The molecule has 1 unspecified atom stereocenters. The maximum absolute atomic E-state index is 5.71. The Morgan fingerprint density at radius 2 is 2.26 bits per heavy atom. The van der Waals surface area contributed by atoms with Gasteiger partial charge in [-0.3, -0.25) is 0 Å². The van der Waals surface area contributed by atoms with Gasteiger partial charge in [-0.15, -0.1) is 11.3 Å². The Morgan fingerprint density at radius 1 is 1.42 bits per heavy atom. The summed E-state index contributed by atoms with van der Waals surface area (Å²) in [4.78, 5) is 9.74. The zero-order valence-corrected chi connectivity index (χ0v) is 12.3. The lowest BCUT2D eigenvalue weighted by Gasteiger charge is -2.11. The van der Waals surface area contributed by atoms with E-state index < -0.39 is 0 Å². The quantitative estimate of drug-likeness (QED) is 0.882. The van der Waals surface area contributed by atoms with Crippen LogP contribution >= 0.6 is 11.3 Å². The molecule has 1 atom stereocenters. The number of nitrogens with one attached hydrogen (secondary N) is 1. The molecule has 0 aliphatic rings. The van der Waals surface area contributed by atoms with Crippen molar-refractivity contribution in [2.75, 3.05) is 13.7 Å². The van der Waals surface area contributed by atoms with E-state index in [0.717, 1.165) is 12.1 Å². The highest BCUT2D eigenvalue weighted by atomic mass is 32.1. The second-order valence-electron chi connectivity index (χ2n) is 4.40. The number of rotatable bonds is 6. The summed E-state index contributed by atoms with van der Waals surface area (Å²) >= 11 is 1.67. The lowest BCUT2D eigenvalue weighted by atomic mass is 10.1. The Morgan fingerprint density at radius 3 is 2.95 bits per heavy atom. The zero-order chi connectivity index (χ0) is 13.7. The van der Waals surface area contributed by atoms with Crippen LogP contribution in [-0.4, -0.2) is 23.6 Å². The Bertz CT molecular complexity index is 527. The van der Waals surface area contributed by atoms with Crippen LogP contribution in [-0.2, 0) is 6.42 Å². The van der Waals surface area contributed by atoms with Gasteiger partial charge in [-0.2, -0.15) is 0 Å². The molecule has 0 aliphatic heterocycles. The van der Waals surface area contributed by atoms with Crippen LogP contribution in [0.1, 0.15) is 29.1 Å². The number of hydrogen-bond donors (Lipinski definition) is 1. The number of aromatic nitrogens is 2. The molecule has 2 heterocycles. The highest BCUT2D eigenvalue weighted by Crippen LogP contribution is 2.17. The second-order valence-corrected chi connectivity index (χ2v) is 5.34. The first kappa shape index (κ1) is 14.0. The number of nitrogens with zero attached hydrogens (tertiary/aromatic N) is 2. The van der Waals surface area contributed by atoms with Crippen LogP contribution in [0.3, 0.4) is 0 Å². The van der Waals surface area contributed by atoms with Crippen LogP contribution in [0.2, 0.25) is 0 Å². The third-order valence-electron chi connectivity index (χ3n) is 3.12. The van der Waals surface area contributed by atoms with Crippen LogP contribution in [0.4, 0.5) is 0 Å². The maximum atomic E-state index is 5.71. The third-order valence-corrected chi connectivity index (χ3v) is 4.11. The van der Waals surface area contributed by atoms with Gasteiger partial charge < -0.3 is 10.1 Å². The standard InChI is InChI=1S/C14H19N3OS/c1-10(15-3)12-4-6-16-14(8-12)18-7-5-13-11(2)17-9-19-13/h4,6,8-10,15H,5,7H2,1-3H3. The van der Waals surface area contributed by atoms with Crippen molar-refractivity contribution in [3.05, 3.63) is 40.0 Å². The fraction of sp³-hybridized carbons (Fsp3) is 0.429. The lowest BCUT2D eigenvalue weighted by molar-refractivity contribution is 0.309. The first-order valence-electron chi connectivity index (χ1n) is 6.35. The van der Waals surface area contributed by atoms with Crippen molar-refractivity contribution >= 4 is 11.3 Å². The van der Waals surface area contributed by atoms with Crippen molar-refractivity contribution in [3.8, 4) is 5.88 Å². The van der Waals surface area contributed by atoms with E-state index in [1.807, 2.05) is 31.6 Å². The van der Waals surface area contributed by atoms with Gasteiger partial charge >= 0.3 is 0 Å². The Balaban J connectivity index is 1.91. The summed E-state index contributed by atoms with van der Waals surface area (Å²) in [6.07, 6.45) is 2.67. The van der Waals surface area contributed by atoms with E-state index >= 15 is 0 Å². The average molecular weight is 277 g/mol. The zero-order valence-electron chi connectivity index (χ0n) is 11.5. The van der Waals surface area contributed by atoms with E-state index in [1.54, 1.807) is 17.5 Å². The van der Waals surface area contributed by atoms with Crippen LogP contribution in [0, 0.1) is 6.92 Å². The first-order chi connectivity index (χ1) is 9.20. The van der Waals surface area contributed by atoms with E-state index in [9.17, 15) is 0 Å². The minimum absolute atomic E-state index is 0.300. The summed E-state index contributed by atoms with van der Waals surface area (Å²) < 4.78 is 5.71. The van der Waals surface area contributed by atoms with Crippen LogP contribution < -0.4 is 10.1 Å². The first-order valence-corrected chi connectivity index (χ1v) is 7.23. The Kier molecular flexibility index (Phi) is 4.87. The van der Waals surface area contributed by atoms with Gasteiger partial charge in [0.25, 0.3) is 0 Å². The number of thiazole rings is 1. The van der Waals surface area contributed by atoms with Crippen molar-refractivity contribution in [1.29, 1.82) is 0 Å². The van der Waals surface area contributed by atoms with Crippen molar-refractivity contribution < 1.29 is 4.74 Å². The summed E-state index contributed by atoms with van der Waals surface area (Å²) in [5.74, 6) is 0.682. The Hall–Kier alpha value is -1.46. The molecular weight excluding hydrogens is 258 g/mol. The number of ether oxygens (including phenoxy) is 1. The average Bonchev–Trinajstić information content (AvgIpc) is 2.84. The summed E-state index contributed by atoms with van der Waals surface area (Å²) in [5, 5.41) is 3.20. The molecule has 1 N–H and O–H groups in total. The van der Waals surface area contributed by atoms with Crippen molar-refractivity contribution in [2.45, 2.75) is 26.3 Å². The fourth-order valence-corrected chi connectivity index (χ4v) is 2.52. The molecule has 102 valence electrons. The smallest absolute Gasteiger partial charge is 0.213 e. The van der Waals surface area contributed by atoms with E-state index in [1.165, 1.54) is 10.4 Å². The molecule has 0 radical (unpaired) electrons. The van der Waals surface area contributed by atoms with E-state index in [0.29, 0.717) is 18.5 Å². The van der Waals surface area contributed by atoms with Gasteiger partial charge in [-0.1, -0.05) is 0 Å². The predicted molar refractivity (Wildman–Crippen MR) is 77.8 cm³/mol. The van der Waals surface area contributed by atoms with Crippen LogP contribution in [0.5, 0.6) is 5.88 Å². The van der Waals surface area contributed by atoms with Gasteiger partial charge in [0.2, 0.25) is 5.88 Å². The van der Waals surface area contributed by atoms with E-state index in [2.05, 4.69) is 22.2 Å². The van der Waals surface area contributed by atoms with Gasteiger partial charge in [-0.25, -0.2) is 9.97 Å². The molecule has 4 nitrogen and oxygen atoms in total. The molecular formula is C14H19N3OS. The molecule has 2 aromatic rings. The molecule has 19 heavy (non-hydrogen) atoms. The molecule has 0 aliphatic carbocycles. The predicted octanol–water partition coefficient (Wildman–Crippen LogP) is 2.75. The van der Waals surface area contributed by atoms with Crippen LogP contribution in [0.15, 0.2) is 23.8 Å². The van der Waals surface area contributed by atoms with E-state index in [-0.39, 0.29) is 0 Å². The maximum Gasteiger partial charge on any atom is 0.213 e. The molecule has 0 bridgehead atoms. The van der Waals surface area contributed by atoms with Gasteiger partial charge in [0, 0.05) is 29.6 Å². The molecule has 0 amide bonds. The highest BCUT2D eigenvalue weighted by Gasteiger charge is 2.06. The van der Waals surface area contributed by atoms with Crippen molar-refractivity contribution in [2.24, 2.45) is 0 Å².